The molecule has 0 radical (unpaired) electrons. The zero-order valence-electron chi connectivity index (χ0n) is 10.6. The van der Waals surface area contributed by atoms with E-state index in [1.807, 2.05) is 11.8 Å². The number of carbonyl (C=O) groups is 1. The Morgan fingerprint density at radius 1 is 1.29 bits per heavy atom. The van der Waals surface area contributed by atoms with Crippen LogP contribution in [-0.2, 0) is 9.53 Å². The highest BCUT2D eigenvalue weighted by Crippen LogP contribution is 2.21. The molecule has 1 amide bonds. The van der Waals surface area contributed by atoms with Gasteiger partial charge in [0.15, 0.2) is 0 Å². The summed E-state index contributed by atoms with van der Waals surface area (Å²) in [5.74, 6) is 0.182. The van der Waals surface area contributed by atoms with E-state index in [4.69, 9.17) is 10.5 Å². The van der Waals surface area contributed by atoms with Crippen molar-refractivity contribution in [1.29, 1.82) is 0 Å². The molecule has 2 saturated heterocycles. The molecule has 2 aliphatic heterocycles. The van der Waals surface area contributed by atoms with Gasteiger partial charge in [-0.1, -0.05) is 0 Å². The van der Waals surface area contributed by atoms with Crippen molar-refractivity contribution < 1.29 is 9.53 Å². The number of piperazine rings is 1. The number of hydrogen-bond acceptors (Lipinski definition) is 4. The second-order valence-electron chi connectivity index (χ2n) is 4.97. The number of nitrogens with zero attached hydrogens (tertiary/aromatic N) is 2. The zero-order valence-corrected chi connectivity index (χ0v) is 10.6. The molecule has 2 heterocycles. The number of rotatable bonds is 3. The molecule has 5 heteroatoms. The minimum absolute atomic E-state index is 0.182. The summed E-state index contributed by atoms with van der Waals surface area (Å²) in [7, 11) is 0. The molecule has 0 aromatic heterocycles. The average molecular weight is 241 g/mol. The molecule has 0 spiro atoms. The normalized spacial score (nSPS) is 30.8. The summed E-state index contributed by atoms with van der Waals surface area (Å²) < 4.78 is 5.63. The Bertz CT molecular complexity index is 264. The van der Waals surface area contributed by atoms with Crippen LogP contribution in [-0.4, -0.2) is 67.2 Å². The minimum Gasteiger partial charge on any atom is -0.365 e. The molecule has 2 aliphatic rings. The van der Waals surface area contributed by atoms with Crippen LogP contribution in [0.15, 0.2) is 0 Å². The maximum Gasteiger partial charge on any atom is 0.251 e. The Balaban J connectivity index is 1.78. The molecule has 0 bridgehead atoms. The summed E-state index contributed by atoms with van der Waals surface area (Å²) >= 11 is 0. The molecule has 0 aliphatic carbocycles. The number of carbonyl (C=O) groups excluding carboxylic acids is 1. The largest absolute Gasteiger partial charge is 0.365 e. The third kappa shape index (κ3) is 3.18. The van der Waals surface area contributed by atoms with E-state index < -0.39 is 0 Å². The van der Waals surface area contributed by atoms with Crippen LogP contribution in [0, 0.1) is 0 Å². The first-order valence-electron chi connectivity index (χ1n) is 6.57. The highest BCUT2D eigenvalue weighted by Gasteiger charge is 2.32. The molecule has 5 nitrogen and oxygen atoms in total. The molecule has 2 rings (SSSR count). The van der Waals surface area contributed by atoms with Crippen molar-refractivity contribution in [2.24, 2.45) is 5.73 Å². The van der Waals surface area contributed by atoms with Gasteiger partial charge in [-0.25, -0.2) is 0 Å². The van der Waals surface area contributed by atoms with E-state index in [1.165, 1.54) is 0 Å². The van der Waals surface area contributed by atoms with Gasteiger partial charge >= 0.3 is 0 Å². The summed E-state index contributed by atoms with van der Waals surface area (Å²) in [4.78, 5) is 16.4. The van der Waals surface area contributed by atoms with Crippen LogP contribution in [0.4, 0.5) is 0 Å². The standard InChI is InChI=1S/C12H23N3O2/c1-10-2-3-11(17-10)12(16)15-8-6-14(5-4-13)7-9-15/h10-11H,2-9,13H2,1H3. The highest BCUT2D eigenvalue weighted by molar-refractivity contribution is 5.81. The van der Waals surface area contributed by atoms with E-state index in [9.17, 15) is 4.79 Å². The first-order valence-corrected chi connectivity index (χ1v) is 6.57. The lowest BCUT2D eigenvalue weighted by Gasteiger charge is -2.35. The third-order valence-corrected chi connectivity index (χ3v) is 3.64. The molecule has 98 valence electrons. The van der Waals surface area contributed by atoms with Gasteiger partial charge in [0.1, 0.15) is 6.10 Å². The van der Waals surface area contributed by atoms with Gasteiger partial charge in [0, 0.05) is 39.3 Å². The summed E-state index contributed by atoms with van der Waals surface area (Å²) in [6, 6.07) is 0. The Labute approximate surface area is 103 Å². The Kier molecular flexibility index (Phi) is 4.36. The van der Waals surface area contributed by atoms with Crippen molar-refractivity contribution in [3.05, 3.63) is 0 Å². The maximum atomic E-state index is 12.2. The number of ether oxygens (including phenoxy) is 1. The number of amides is 1. The molecule has 0 aromatic rings. The summed E-state index contributed by atoms with van der Waals surface area (Å²) in [6.07, 6.45) is 1.93. The van der Waals surface area contributed by atoms with E-state index in [-0.39, 0.29) is 18.1 Å². The topological polar surface area (TPSA) is 58.8 Å². The van der Waals surface area contributed by atoms with Gasteiger partial charge in [0.25, 0.3) is 5.91 Å². The minimum atomic E-state index is -0.189. The molecule has 2 unspecified atom stereocenters. The fourth-order valence-electron chi connectivity index (χ4n) is 2.56. The predicted octanol–water partition coefficient (Wildman–Crippen LogP) is -0.343. The summed E-state index contributed by atoms with van der Waals surface area (Å²) in [5.41, 5.74) is 5.53. The van der Waals surface area contributed by atoms with Crippen molar-refractivity contribution in [2.45, 2.75) is 32.0 Å². The van der Waals surface area contributed by atoms with Gasteiger partial charge in [0.2, 0.25) is 0 Å². The highest BCUT2D eigenvalue weighted by atomic mass is 16.5. The van der Waals surface area contributed by atoms with Crippen LogP contribution < -0.4 is 5.73 Å². The quantitative estimate of drug-likeness (QED) is 0.734. The average Bonchev–Trinajstić information content (AvgIpc) is 2.76. The SMILES string of the molecule is CC1CCC(C(=O)N2CCN(CCN)CC2)O1. The number of nitrogens with two attached hydrogens (primary N) is 1. The Morgan fingerprint density at radius 2 is 2.00 bits per heavy atom. The van der Waals surface area contributed by atoms with Crippen molar-refractivity contribution in [1.82, 2.24) is 9.80 Å². The van der Waals surface area contributed by atoms with Crippen LogP contribution in [0.2, 0.25) is 0 Å². The maximum absolute atomic E-state index is 12.2. The molecule has 17 heavy (non-hydrogen) atoms. The first-order chi connectivity index (χ1) is 8.20. The fraction of sp³-hybridized carbons (Fsp3) is 0.917. The fourth-order valence-corrected chi connectivity index (χ4v) is 2.56. The lowest BCUT2D eigenvalue weighted by Crippen LogP contribution is -2.52. The molecule has 2 N–H and O–H groups in total. The van der Waals surface area contributed by atoms with Crippen LogP contribution in [0.25, 0.3) is 0 Å². The Morgan fingerprint density at radius 3 is 2.53 bits per heavy atom. The van der Waals surface area contributed by atoms with Crippen LogP contribution >= 0.6 is 0 Å². The van der Waals surface area contributed by atoms with Gasteiger partial charge < -0.3 is 15.4 Å². The van der Waals surface area contributed by atoms with E-state index in [1.54, 1.807) is 0 Å². The molecule has 2 fully saturated rings. The smallest absolute Gasteiger partial charge is 0.251 e. The van der Waals surface area contributed by atoms with E-state index in [0.717, 1.165) is 45.6 Å². The van der Waals surface area contributed by atoms with Crippen molar-refractivity contribution in [2.75, 3.05) is 39.3 Å². The van der Waals surface area contributed by atoms with Gasteiger partial charge in [-0.15, -0.1) is 0 Å². The van der Waals surface area contributed by atoms with Crippen LogP contribution in [0.1, 0.15) is 19.8 Å². The first kappa shape index (κ1) is 12.8. The second-order valence-corrected chi connectivity index (χ2v) is 4.97. The summed E-state index contributed by atoms with van der Waals surface area (Å²) in [6.45, 7) is 7.15. The van der Waals surface area contributed by atoms with Crippen molar-refractivity contribution in [3.8, 4) is 0 Å². The number of hydrogen-bond donors (Lipinski definition) is 1. The lowest BCUT2D eigenvalue weighted by molar-refractivity contribution is -0.144. The van der Waals surface area contributed by atoms with Gasteiger partial charge in [-0.05, 0) is 19.8 Å². The van der Waals surface area contributed by atoms with Crippen LogP contribution in [0.3, 0.4) is 0 Å². The lowest BCUT2D eigenvalue weighted by atomic mass is 10.2. The second kappa shape index (κ2) is 5.80. The van der Waals surface area contributed by atoms with Gasteiger partial charge in [-0.3, -0.25) is 9.69 Å². The third-order valence-electron chi connectivity index (χ3n) is 3.64. The zero-order chi connectivity index (χ0) is 12.3. The monoisotopic (exact) mass is 241 g/mol. The molecular formula is C12H23N3O2. The van der Waals surface area contributed by atoms with Gasteiger partial charge in [-0.2, -0.15) is 0 Å². The predicted molar refractivity (Wildman–Crippen MR) is 65.6 cm³/mol. The summed E-state index contributed by atoms with van der Waals surface area (Å²) in [5, 5.41) is 0. The van der Waals surface area contributed by atoms with Crippen molar-refractivity contribution >= 4 is 5.91 Å². The van der Waals surface area contributed by atoms with Crippen LogP contribution in [0.5, 0.6) is 0 Å². The molecular weight excluding hydrogens is 218 g/mol. The van der Waals surface area contributed by atoms with Gasteiger partial charge in [0.05, 0.1) is 6.10 Å². The van der Waals surface area contributed by atoms with E-state index in [2.05, 4.69) is 4.90 Å². The Hall–Kier alpha value is -0.650. The molecule has 0 saturated carbocycles. The van der Waals surface area contributed by atoms with E-state index >= 15 is 0 Å². The molecule has 0 aromatic carbocycles. The van der Waals surface area contributed by atoms with Crippen molar-refractivity contribution in [3.63, 3.8) is 0 Å². The van der Waals surface area contributed by atoms with E-state index in [0.29, 0.717) is 6.54 Å². The molecule has 2 atom stereocenters.